The number of hydrogen-bond donors (Lipinski definition) is 0. The van der Waals surface area contributed by atoms with Crippen LogP contribution in [0.1, 0.15) is 20.8 Å². The molecule has 0 aliphatic carbocycles. The summed E-state index contributed by atoms with van der Waals surface area (Å²) in [6, 6.07) is 0. The quantitative estimate of drug-likeness (QED) is 0.629. The van der Waals surface area contributed by atoms with Crippen LogP contribution in [0.4, 0.5) is 0 Å². The van der Waals surface area contributed by atoms with Gasteiger partial charge in [0.15, 0.2) is 5.78 Å². The summed E-state index contributed by atoms with van der Waals surface area (Å²) in [5.74, 6) is 0.250. The van der Waals surface area contributed by atoms with E-state index in [1.165, 1.54) is 0 Å². The predicted molar refractivity (Wildman–Crippen MR) is 64.7 cm³/mol. The number of Topliss-reactive ketones (excluding diaryl/α,β-unsaturated/α-hetero) is 1. The lowest BCUT2D eigenvalue weighted by Crippen LogP contribution is -2.39. The molecule has 0 aromatic carbocycles. The van der Waals surface area contributed by atoms with E-state index in [1.807, 2.05) is 20.8 Å². The van der Waals surface area contributed by atoms with Crippen molar-refractivity contribution in [2.45, 2.75) is 20.8 Å². The molecule has 0 aromatic heterocycles. The number of ether oxygens (including phenoxy) is 2. The Morgan fingerprint density at radius 1 is 1.06 bits per heavy atom. The number of hydrogen-bond acceptors (Lipinski definition) is 4. The van der Waals surface area contributed by atoms with Gasteiger partial charge in [-0.25, -0.2) is 0 Å². The molecule has 0 bridgehead atoms. The summed E-state index contributed by atoms with van der Waals surface area (Å²) in [5.41, 5.74) is -0.279. The molecule has 0 aliphatic rings. The molecule has 0 fully saturated rings. The molecule has 0 unspecified atom stereocenters. The van der Waals surface area contributed by atoms with Gasteiger partial charge >= 0.3 is 0 Å². The van der Waals surface area contributed by atoms with Crippen LogP contribution in [-0.4, -0.2) is 57.8 Å². The first kappa shape index (κ1) is 15.6. The molecule has 0 spiro atoms. The summed E-state index contributed by atoms with van der Waals surface area (Å²) in [5, 5.41) is 0. The van der Waals surface area contributed by atoms with Crippen LogP contribution >= 0.6 is 0 Å². The maximum atomic E-state index is 11.9. The summed E-state index contributed by atoms with van der Waals surface area (Å²) < 4.78 is 10.1. The lowest BCUT2D eigenvalue weighted by molar-refractivity contribution is -0.127. The highest BCUT2D eigenvalue weighted by atomic mass is 16.5. The number of carbonyl (C=O) groups is 1. The van der Waals surface area contributed by atoms with Crippen molar-refractivity contribution in [1.29, 1.82) is 0 Å². The third kappa shape index (κ3) is 6.93. The van der Waals surface area contributed by atoms with Gasteiger partial charge in [-0.3, -0.25) is 9.69 Å². The highest BCUT2D eigenvalue weighted by molar-refractivity contribution is 5.85. The maximum absolute atomic E-state index is 11.9. The van der Waals surface area contributed by atoms with Gasteiger partial charge in [-0.05, 0) is 0 Å². The van der Waals surface area contributed by atoms with E-state index in [0.29, 0.717) is 19.8 Å². The Balaban J connectivity index is 4.13. The molecule has 16 heavy (non-hydrogen) atoms. The summed E-state index contributed by atoms with van der Waals surface area (Å²) in [4.78, 5) is 13.9. The minimum Gasteiger partial charge on any atom is -0.383 e. The van der Waals surface area contributed by atoms with E-state index < -0.39 is 0 Å². The summed E-state index contributed by atoms with van der Waals surface area (Å²) in [6.07, 6.45) is 0. The molecule has 4 nitrogen and oxygen atoms in total. The SMILES string of the molecule is COCCN(CCOC)CC(=O)C(C)(C)C. The monoisotopic (exact) mass is 231 g/mol. The van der Waals surface area contributed by atoms with Gasteiger partial charge in [-0.15, -0.1) is 0 Å². The zero-order valence-corrected chi connectivity index (χ0v) is 11.2. The zero-order valence-electron chi connectivity index (χ0n) is 11.2. The van der Waals surface area contributed by atoms with Crippen molar-refractivity contribution in [3.63, 3.8) is 0 Å². The average molecular weight is 231 g/mol. The molecule has 0 rings (SSSR count). The Kier molecular flexibility index (Phi) is 7.55. The van der Waals surface area contributed by atoms with E-state index >= 15 is 0 Å². The number of carbonyl (C=O) groups excluding carboxylic acids is 1. The average Bonchev–Trinajstić information content (AvgIpc) is 2.20. The van der Waals surface area contributed by atoms with Crippen molar-refractivity contribution in [3.8, 4) is 0 Å². The molecule has 0 radical (unpaired) electrons. The number of nitrogens with zero attached hydrogens (tertiary/aromatic N) is 1. The molecular formula is C12H25NO3. The van der Waals surface area contributed by atoms with E-state index in [4.69, 9.17) is 9.47 Å². The Bertz CT molecular complexity index is 191. The van der Waals surface area contributed by atoms with E-state index in [0.717, 1.165) is 13.1 Å². The zero-order chi connectivity index (χ0) is 12.6. The van der Waals surface area contributed by atoms with Crippen molar-refractivity contribution in [2.75, 3.05) is 47.1 Å². The molecule has 0 amide bonds. The fraction of sp³-hybridized carbons (Fsp3) is 0.917. The summed E-state index contributed by atoms with van der Waals surface area (Å²) >= 11 is 0. The molecule has 0 saturated carbocycles. The predicted octanol–water partition coefficient (Wildman–Crippen LogP) is 1.20. The van der Waals surface area contributed by atoms with E-state index in [9.17, 15) is 4.79 Å². The Labute approximate surface area is 98.9 Å². The number of ketones is 1. The second-order valence-electron chi connectivity index (χ2n) is 4.93. The Hall–Kier alpha value is -0.450. The molecule has 0 N–H and O–H groups in total. The van der Waals surface area contributed by atoms with Crippen molar-refractivity contribution in [1.82, 2.24) is 4.90 Å². The summed E-state index contributed by atoms with van der Waals surface area (Å²) in [6.45, 7) is 9.11. The molecule has 96 valence electrons. The van der Waals surface area contributed by atoms with Crippen LogP contribution in [0.5, 0.6) is 0 Å². The third-order valence-electron chi connectivity index (χ3n) is 2.43. The van der Waals surface area contributed by atoms with E-state index in [2.05, 4.69) is 4.90 Å². The third-order valence-corrected chi connectivity index (χ3v) is 2.43. The van der Waals surface area contributed by atoms with Crippen molar-refractivity contribution in [3.05, 3.63) is 0 Å². The first-order valence-electron chi connectivity index (χ1n) is 5.65. The molecule has 0 aliphatic heterocycles. The van der Waals surface area contributed by atoms with Crippen molar-refractivity contribution in [2.24, 2.45) is 5.41 Å². The molecular weight excluding hydrogens is 206 g/mol. The molecule has 0 heterocycles. The minimum absolute atomic E-state index is 0.250. The van der Waals surface area contributed by atoms with Gasteiger partial charge in [0.1, 0.15) is 0 Å². The Morgan fingerprint density at radius 3 is 1.81 bits per heavy atom. The summed E-state index contributed by atoms with van der Waals surface area (Å²) in [7, 11) is 3.33. The van der Waals surface area contributed by atoms with Crippen LogP contribution < -0.4 is 0 Å². The lowest BCUT2D eigenvalue weighted by Gasteiger charge is -2.25. The van der Waals surface area contributed by atoms with Crippen LogP contribution in [0.3, 0.4) is 0 Å². The van der Waals surface area contributed by atoms with E-state index in [-0.39, 0.29) is 11.2 Å². The molecule has 4 heteroatoms. The fourth-order valence-electron chi connectivity index (χ4n) is 1.15. The first-order chi connectivity index (χ1) is 7.41. The normalized spacial score (nSPS) is 12.1. The van der Waals surface area contributed by atoms with Crippen LogP contribution in [0.15, 0.2) is 0 Å². The maximum Gasteiger partial charge on any atom is 0.152 e. The standard InChI is InChI=1S/C12H25NO3/c1-12(2,3)11(14)10-13(6-8-15-4)7-9-16-5/h6-10H2,1-5H3. The smallest absolute Gasteiger partial charge is 0.152 e. The van der Waals surface area contributed by atoms with Gasteiger partial charge in [0.2, 0.25) is 0 Å². The number of rotatable bonds is 8. The highest BCUT2D eigenvalue weighted by Crippen LogP contribution is 2.15. The van der Waals surface area contributed by atoms with Crippen LogP contribution in [0.25, 0.3) is 0 Å². The van der Waals surface area contributed by atoms with Gasteiger partial charge in [0, 0.05) is 32.7 Å². The van der Waals surface area contributed by atoms with E-state index in [1.54, 1.807) is 14.2 Å². The molecule has 0 saturated heterocycles. The van der Waals surface area contributed by atoms with Crippen LogP contribution in [0, 0.1) is 5.41 Å². The molecule has 0 atom stereocenters. The molecule has 0 aromatic rings. The highest BCUT2D eigenvalue weighted by Gasteiger charge is 2.23. The second kappa shape index (κ2) is 7.76. The van der Waals surface area contributed by atoms with Crippen molar-refractivity contribution >= 4 is 5.78 Å². The lowest BCUT2D eigenvalue weighted by atomic mass is 9.90. The van der Waals surface area contributed by atoms with Gasteiger partial charge < -0.3 is 9.47 Å². The number of methoxy groups -OCH3 is 2. The Morgan fingerprint density at radius 2 is 1.50 bits per heavy atom. The minimum atomic E-state index is -0.279. The van der Waals surface area contributed by atoms with Gasteiger partial charge in [0.25, 0.3) is 0 Å². The van der Waals surface area contributed by atoms with Crippen molar-refractivity contribution < 1.29 is 14.3 Å². The van der Waals surface area contributed by atoms with Gasteiger partial charge in [-0.1, -0.05) is 20.8 Å². The largest absolute Gasteiger partial charge is 0.383 e. The topological polar surface area (TPSA) is 38.8 Å². The van der Waals surface area contributed by atoms with Gasteiger partial charge in [0.05, 0.1) is 19.8 Å². The first-order valence-corrected chi connectivity index (χ1v) is 5.65. The second-order valence-corrected chi connectivity index (χ2v) is 4.93. The fourth-order valence-corrected chi connectivity index (χ4v) is 1.15. The van der Waals surface area contributed by atoms with Gasteiger partial charge in [-0.2, -0.15) is 0 Å². The van der Waals surface area contributed by atoms with Crippen LogP contribution in [-0.2, 0) is 14.3 Å². The van der Waals surface area contributed by atoms with Crippen LogP contribution in [0.2, 0.25) is 0 Å².